The lowest BCUT2D eigenvalue weighted by atomic mass is 10.1. The molecule has 1 aromatic rings. The fourth-order valence-electron chi connectivity index (χ4n) is 2.90. The highest BCUT2D eigenvalue weighted by molar-refractivity contribution is 6.32. The molecule has 1 heterocycles. The fourth-order valence-corrected chi connectivity index (χ4v) is 3.20. The Labute approximate surface area is 160 Å². The van der Waals surface area contributed by atoms with Crippen LogP contribution < -0.4 is 14.8 Å². The third-order valence-corrected chi connectivity index (χ3v) is 4.88. The molecule has 26 heavy (non-hydrogen) atoms. The molecule has 0 spiro atoms. The van der Waals surface area contributed by atoms with Crippen molar-refractivity contribution >= 4 is 23.6 Å². The highest BCUT2D eigenvalue weighted by atomic mass is 35.5. The van der Waals surface area contributed by atoms with Crippen molar-refractivity contribution in [3.05, 3.63) is 28.8 Å². The Morgan fingerprint density at radius 2 is 1.96 bits per heavy atom. The normalized spacial score (nSPS) is 17.7. The van der Waals surface area contributed by atoms with Crippen molar-refractivity contribution in [3.63, 3.8) is 0 Å². The van der Waals surface area contributed by atoms with Gasteiger partial charge in [0.15, 0.2) is 11.5 Å². The van der Waals surface area contributed by atoms with Gasteiger partial charge in [-0.1, -0.05) is 11.6 Å². The van der Waals surface area contributed by atoms with Crippen molar-refractivity contribution in [1.29, 1.82) is 0 Å². The van der Waals surface area contributed by atoms with E-state index in [-0.39, 0.29) is 18.0 Å². The molecule has 0 aromatic heterocycles. The Balaban J connectivity index is 1.97. The molecule has 1 N–H and O–H groups in total. The summed E-state index contributed by atoms with van der Waals surface area (Å²) in [6.07, 6.45) is 3.20. The number of ether oxygens (including phenoxy) is 3. The van der Waals surface area contributed by atoms with Gasteiger partial charge in [0.05, 0.1) is 32.5 Å². The van der Waals surface area contributed by atoms with Crippen LogP contribution in [-0.2, 0) is 9.53 Å². The molecule has 1 fully saturated rings. The summed E-state index contributed by atoms with van der Waals surface area (Å²) in [5, 5.41) is 3.45. The molecule has 0 bridgehead atoms. The first kappa shape index (κ1) is 20.6. The first-order chi connectivity index (χ1) is 12.5. The maximum atomic E-state index is 12.2. The molecule has 0 radical (unpaired) electrons. The minimum Gasteiger partial charge on any atom is -0.493 e. The van der Waals surface area contributed by atoms with Gasteiger partial charge in [-0.25, -0.2) is 0 Å². The quantitative estimate of drug-likeness (QED) is 0.734. The second kappa shape index (κ2) is 9.80. The first-order valence-electron chi connectivity index (χ1n) is 8.68. The summed E-state index contributed by atoms with van der Waals surface area (Å²) in [7, 11) is 3.08. The fraction of sp³-hybridized carbons (Fsp3) is 0.526. The number of nitrogens with zero attached hydrogens (tertiary/aromatic N) is 1. The molecular weight excluding hydrogens is 356 g/mol. The highest BCUT2D eigenvalue weighted by Crippen LogP contribution is 2.36. The molecule has 1 aromatic carbocycles. The summed E-state index contributed by atoms with van der Waals surface area (Å²) >= 11 is 6.19. The molecule has 1 aliphatic rings. The Morgan fingerprint density at radius 1 is 1.27 bits per heavy atom. The second-order valence-corrected chi connectivity index (χ2v) is 6.66. The maximum Gasteiger partial charge on any atom is 0.244 e. The van der Waals surface area contributed by atoms with Gasteiger partial charge in [0.2, 0.25) is 5.91 Å². The van der Waals surface area contributed by atoms with E-state index in [4.69, 9.17) is 25.8 Å². The van der Waals surface area contributed by atoms with Crippen LogP contribution in [0.2, 0.25) is 5.02 Å². The third kappa shape index (κ3) is 5.37. The molecule has 6 nitrogen and oxygen atoms in total. The van der Waals surface area contributed by atoms with E-state index in [9.17, 15) is 4.79 Å². The number of rotatable bonds is 7. The Hall–Kier alpha value is -1.76. The van der Waals surface area contributed by atoms with E-state index in [1.54, 1.807) is 25.3 Å². The number of benzene rings is 1. The van der Waals surface area contributed by atoms with E-state index in [1.165, 1.54) is 13.2 Å². The zero-order chi connectivity index (χ0) is 19.1. The van der Waals surface area contributed by atoms with E-state index in [0.29, 0.717) is 16.5 Å². The molecule has 1 aliphatic heterocycles. The van der Waals surface area contributed by atoms with E-state index >= 15 is 0 Å². The summed E-state index contributed by atoms with van der Waals surface area (Å²) in [6.45, 7) is 7.39. The SMILES string of the molecule is COc1cc(C=CC(=O)NC(C)C(C)N2CCOCC2)cc(Cl)c1OC. The number of halogens is 1. The van der Waals surface area contributed by atoms with Gasteiger partial charge >= 0.3 is 0 Å². The standard InChI is InChI=1S/C19H27ClN2O4/c1-13(14(2)22-7-9-26-10-8-22)21-18(23)6-5-15-11-16(20)19(25-4)17(12-15)24-3/h5-6,11-14H,7-10H2,1-4H3,(H,21,23). The van der Waals surface area contributed by atoms with Crippen LogP contribution in [0.15, 0.2) is 18.2 Å². The zero-order valence-electron chi connectivity index (χ0n) is 15.8. The highest BCUT2D eigenvalue weighted by Gasteiger charge is 2.22. The van der Waals surface area contributed by atoms with Gasteiger partial charge in [0.1, 0.15) is 0 Å². The van der Waals surface area contributed by atoms with Crippen molar-refractivity contribution in [3.8, 4) is 11.5 Å². The second-order valence-electron chi connectivity index (χ2n) is 6.26. The minimum atomic E-state index is -0.150. The molecule has 2 atom stereocenters. The molecule has 0 saturated carbocycles. The number of methoxy groups -OCH3 is 2. The third-order valence-electron chi connectivity index (χ3n) is 4.60. The largest absolute Gasteiger partial charge is 0.493 e. The first-order valence-corrected chi connectivity index (χ1v) is 9.06. The van der Waals surface area contributed by atoms with E-state index in [1.807, 2.05) is 6.92 Å². The topological polar surface area (TPSA) is 60.0 Å². The smallest absolute Gasteiger partial charge is 0.244 e. The summed E-state index contributed by atoms with van der Waals surface area (Å²) in [5.74, 6) is 0.849. The lowest BCUT2D eigenvalue weighted by Gasteiger charge is -2.35. The van der Waals surface area contributed by atoms with Crippen LogP contribution in [0.3, 0.4) is 0 Å². The number of hydrogen-bond acceptors (Lipinski definition) is 5. The maximum absolute atomic E-state index is 12.2. The average molecular weight is 383 g/mol. The van der Waals surface area contributed by atoms with Gasteiger partial charge in [-0.3, -0.25) is 9.69 Å². The summed E-state index contributed by atoms with van der Waals surface area (Å²) in [4.78, 5) is 14.6. The van der Waals surface area contributed by atoms with Crippen molar-refractivity contribution in [2.75, 3.05) is 40.5 Å². The number of hydrogen-bond donors (Lipinski definition) is 1. The van der Waals surface area contributed by atoms with Crippen LogP contribution in [0.25, 0.3) is 6.08 Å². The van der Waals surface area contributed by atoms with Crippen LogP contribution >= 0.6 is 11.6 Å². The predicted molar refractivity (Wildman–Crippen MR) is 103 cm³/mol. The van der Waals surface area contributed by atoms with Crippen molar-refractivity contribution in [2.24, 2.45) is 0 Å². The summed E-state index contributed by atoms with van der Waals surface area (Å²) in [5.41, 5.74) is 0.761. The van der Waals surface area contributed by atoms with E-state index in [2.05, 4.69) is 17.1 Å². The Morgan fingerprint density at radius 3 is 2.58 bits per heavy atom. The molecule has 2 unspecified atom stereocenters. The molecule has 1 saturated heterocycles. The number of carbonyl (C=O) groups excluding carboxylic acids is 1. The van der Waals surface area contributed by atoms with Crippen LogP contribution in [0.1, 0.15) is 19.4 Å². The molecule has 2 rings (SSSR count). The lowest BCUT2D eigenvalue weighted by molar-refractivity contribution is -0.117. The van der Waals surface area contributed by atoms with Gasteiger partial charge in [-0.2, -0.15) is 0 Å². The van der Waals surface area contributed by atoms with Gasteiger partial charge in [-0.05, 0) is 37.6 Å². The van der Waals surface area contributed by atoms with Crippen LogP contribution in [0.4, 0.5) is 0 Å². The minimum absolute atomic E-state index is 0.0271. The molecule has 0 aliphatic carbocycles. The van der Waals surface area contributed by atoms with E-state index in [0.717, 1.165) is 31.9 Å². The number of nitrogens with one attached hydrogen (secondary N) is 1. The zero-order valence-corrected chi connectivity index (χ0v) is 16.5. The monoisotopic (exact) mass is 382 g/mol. The molecular formula is C19H27ClN2O4. The van der Waals surface area contributed by atoms with Crippen LogP contribution in [-0.4, -0.2) is 63.4 Å². The van der Waals surface area contributed by atoms with E-state index < -0.39 is 0 Å². The lowest BCUT2D eigenvalue weighted by Crippen LogP contribution is -2.51. The average Bonchev–Trinajstić information content (AvgIpc) is 2.65. The summed E-state index contributed by atoms with van der Waals surface area (Å²) < 4.78 is 15.9. The summed E-state index contributed by atoms with van der Waals surface area (Å²) in [6, 6.07) is 3.77. The Kier molecular flexibility index (Phi) is 7.75. The van der Waals surface area contributed by atoms with Crippen molar-refractivity contribution in [2.45, 2.75) is 25.9 Å². The molecule has 1 amide bonds. The molecule has 7 heteroatoms. The number of morpholine rings is 1. The van der Waals surface area contributed by atoms with Crippen molar-refractivity contribution in [1.82, 2.24) is 10.2 Å². The van der Waals surface area contributed by atoms with Crippen LogP contribution in [0, 0.1) is 0 Å². The predicted octanol–water partition coefficient (Wildman–Crippen LogP) is 2.60. The van der Waals surface area contributed by atoms with Gasteiger partial charge < -0.3 is 19.5 Å². The van der Waals surface area contributed by atoms with Gasteiger partial charge in [0, 0.05) is 31.2 Å². The van der Waals surface area contributed by atoms with Crippen molar-refractivity contribution < 1.29 is 19.0 Å². The number of amides is 1. The Bertz CT molecular complexity index is 645. The molecule has 144 valence electrons. The van der Waals surface area contributed by atoms with Crippen LogP contribution in [0.5, 0.6) is 11.5 Å². The van der Waals surface area contributed by atoms with Gasteiger partial charge in [0.25, 0.3) is 0 Å². The van der Waals surface area contributed by atoms with Gasteiger partial charge in [-0.15, -0.1) is 0 Å². The number of carbonyl (C=O) groups is 1.